The smallest absolute Gasteiger partial charge is 0.227 e. The van der Waals surface area contributed by atoms with Gasteiger partial charge in [0.1, 0.15) is 0 Å². The Balaban J connectivity index is 1.67. The Morgan fingerprint density at radius 3 is 2.22 bits per heavy atom. The van der Waals surface area contributed by atoms with E-state index in [0.29, 0.717) is 6.54 Å². The van der Waals surface area contributed by atoms with Crippen molar-refractivity contribution in [2.24, 2.45) is 4.99 Å². The molecule has 2 aromatic heterocycles. The second kappa shape index (κ2) is 6.85. The molecule has 0 atom stereocenters. The largest absolute Gasteiger partial charge is 0.259 e. The fourth-order valence-corrected chi connectivity index (χ4v) is 4.24. The van der Waals surface area contributed by atoms with E-state index in [1.165, 1.54) is 11.1 Å². The number of hydrogen-bond donors (Lipinski definition) is 0. The molecule has 5 heteroatoms. The highest BCUT2D eigenvalue weighted by Gasteiger charge is 2.12. The summed E-state index contributed by atoms with van der Waals surface area (Å²) in [5.41, 5.74) is 4.56. The van der Waals surface area contributed by atoms with Crippen LogP contribution in [0.2, 0.25) is 0 Å². The zero-order chi connectivity index (χ0) is 18.1. The topological polar surface area (TPSA) is 34.6 Å². The Morgan fingerprint density at radius 1 is 0.778 bits per heavy atom. The number of rotatable bonds is 4. The zero-order valence-electron chi connectivity index (χ0n) is 14.7. The summed E-state index contributed by atoms with van der Waals surface area (Å²) in [5, 5.41) is 0. The first-order valence-electron chi connectivity index (χ1n) is 8.94. The summed E-state index contributed by atoms with van der Waals surface area (Å²) in [5.74, 6) is 0.942. The summed E-state index contributed by atoms with van der Waals surface area (Å²) >= 11 is 1.66. The minimum Gasteiger partial charge on any atom is -0.259 e. The lowest BCUT2D eigenvalue weighted by Crippen LogP contribution is -2.05. The highest BCUT2D eigenvalue weighted by atomic mass is 32.1. The summed E-state index contributed by atoms with van der Waals surface area (Å²) in [6.07, 6.45) is 0. The standard InChI is InChI=1S/C22H18N4S/c1-3-9-17(10-4-1)15-23-22-26-20-14-8-7-13-19(20)24-21(26)25(27-22)16-18-11-5-2-6-12-18/h1-14H,15-16H2. The number of para-hydroxylation sites is 2. The van der Waals surface area contributed by atoms with Gasteiger partial charge in [-0.2, -0.15) is 0 Å². The van der Waals surface area contributed by atoms with Crippen molar-refractivity contribution in [2.45, 2.75) is 13.1 Å². The second-order valence-corrected chi connectivity index (χ2v) is 7.42. The Hall–Kier alpha value is -3.18. The molecular weight excluding hydrogens is 352 g/mol. The van der Waals surface area contributed by atoms with Gasteiger partial charge in [-0.1, -0.05) is 72.8 Å². The van der Waals surface area contributed by atoms with E-state index in [-0.39, 0.29) is 0 Å². The molecule has 27 heavy (non-hydrogen) atoms. The highest BCUT2D eigenvalue weighted by Crippen LogP contribution is 2.18. The maximum atomic E-state index is 4.91. The van der Waals surface area contributed by atoms with Gasteiger partial charge in [0.25, 0.3) is 0 Å². The quantitative estimate of drug-likeness (QED) is 0.459. The fraction of sp³-hybridized carbons (Fsp3) is 0.0909. The SMILES string of the molecule is c1ccc(CN=c2sn(Cc3ccccc3)c3nc4ccccc4n23)cc1. The molecule has 4 nitrogen and oxygen atoms in total. The highest BCUT2D eigenvalue weighted by molar-refractivity contribution is 7.03. The Labute approximate surface area is 160 Å². The average Bonchev–Trinajstić information content (AvgIpc) is 3.26. The number of benzene rings is 3. The van der Waals surface area contributed by atoms with Gasteiger partial charge in [0.2, 0.25) is 10.6 Å². The van der Waals surface area contributed by atoms with Crippen molar-refractivity contribution in [1.29, 1.82) is 0 Å². The molecule has 0 aliphatic rings. The lowest BCUT2D eigenvalue weighted by atomic mass is 10.2. The summed E-state index contributed by atoms with van der Waals surface area (Å²) in [6, 6.07) is 29.1. The van der Waals surface area contributed by atoms with Crippen molar-refractivity contribution < 1.29 is 0 Å². The molecule has 0 fully saturated rings. The van der Waals surface area contributed by atoms with Crippen molar-refractivity contribution >= 4 is 28.3 Å². The van der Waals surface area contributed by atoms with Crippen LogP contribution in [0, 0.1) is 0 Å². The van der Waals surface area contributed by atoms with Gasteiger partial charge in [-0.25, -0.2) is 4.98 Å². The van der Waals surface area contributed by atoms with Gasteiger partial charge < -0.3 is 0 Å². The molecular formula is C22H18N4S. The molecule has 0 radical (unpaired) electrons. The van der Waals surface area contributed by atoms with Crippen LogP contribution < -0.4 is 4.80 Å². The monoisotopic (exact) mass is 370 g/mol. The van der Waals surface area contributed by atoms with Gasteiger partial charge in [0, 0.05) is 0 Å². The van der Waals surface area contributed by atoms with E-state index in [1.54, 1.807) is 11.5 Å². The van der Waals surface area contributed by atoms with Crippen LogP contribution in [0.5, 0.6) is 0 Å². The fourth-order valence-electron chi connectivity index (χ4n) is 3.24. The van der Waals surface area contributed by atoms with Gasteiger partial charge in [-0.3, -0.25) is 13.3 Å². The van der Waals surface area contributed by atoms with Crippen LogP contribution in [0.25, 0.3) is 16.8 Å². The summed E-state index contributed by atoms with van der Waals surface area (Å²) in [6.45, 7) is 1.45. The molecule has 5 aromatic rings. The molecule has 3 aromatic carbocycles. The van der Waals surface area contributed by atoms with Crippen LogP contribution in [0.15, 0.2) is 89.9 Å². The first-order valence-corrected chi connectivity index (χ1v) is 9.71. The number of imidazole rings is 1. The molecule has 5 rings (SSSR count). The molecule has 0 aliphatic heterocycles. The first kappa shape index (κ1) is 16.0. The number of fused-ring (bicyclic) bond motifs is 3. The first-order chi connectivity index (χ1) is 13.4. The molecule has 0 amide bonds. The lowest BCUT2D eigenvalue weighted by Gasteiger charge is -2.00. The normalized spacial score (nSPS) is 12.2. The van der Waals surface area contributed by atoms with Crippen LogP contribution in [0.1, 0.15) is 11.1 Å². The van der Waals surface area contributed by atoms with E-state index < -0.39 is 0 Å². The third kappa shape index (κ3) is 3.06. The van der Waals surface area contributed by atoms with Crippen molar-refractivity contribution in [2.75, 3.05) is 0 Å². The van der Waals surface area contributed by atoms with Crippen molar-refractivity contribution in [3.63, 3.8) is 0 Å². The molecule has 0 saturated carbocycles. The summed E-state index contributed by atoms with van der Waals surface area (Å²) < 4.78 is 4.39. The molecule has 132 valence electrons. The van der Waals surface area contributed by atoms with E-state index in [2.05, 4.69) is 75.1 Å². The molecule has 0 unspecified atom stereocenters. The van der Waals surface area contributed by atoms with Crippen LogP contribution in [-0.2, 0) is 13.1 Å². The minimum absolute atomic E-state index is 0.661. The summed E-state index contributed by atoms with van der Waals surface area (Å²) in [7, 11) is 0. The van der Waals surface area contributed by atoms with Crippen LogP contribution in [-0.4, -0.2) is 13.3 Å². The van der Waals surface area contributed by atoms with E-state index >= 15 is 0 Å². The van der Waals surface area contributed by atoms with Crippen molar-refractivity contribution in [3.05, 3.63) is 101 Å². The Bertz CT molecular complexity index is 1260. The third-order valence-electron chi connectivity index (χ3n) is 4.56. The molecule has 0 aliphatic carbocycles. The van der Waals surface area contributed by atoms with Gasteiger partial charge >= 0.3 is 0 Å². The van der Waals surface area contributed by atoms with E-state index in [1.807, 2.05) is 18.2 Å². The van der Waals surface area contributed by atoms with E-state index in [9.17, 15) is 0 Å². The zero-order valence-corrected chi connectivity index (χ0v) is 15.5. The number of aromatic nitrogens is 3. The predicted molar refractivity (Wildman–Crippen MR) is 110 cm³/mol. The van der Waals surface area contributed by atoms with Gasteiger partial charge in [-0.05, 0) is 34.8 Å². The van der Waals surface area contributed by atoms with Gasteiger partial charge in [0.05, 0.1) is 24.1 Å². The van der Waals surface area contributed by atoms with E-state index in [0.717, 1.165) is 28.2 Å². The molecule has 0 bridgehead atoms. The third-order valence-corrected chi connectivity index (χ3v) is 5.55. The maximum Gasteiger partial charge on any atom is 0.227 e. The van der Waals surface area contributed by atoms with Crippen LogP contribution in [0.4, 0.5) is 0 Å². The predicted octanol–water partition coefficient (Wildman–Crippen LogP) is 4.50. The minimum atomic E-state index is 0.661. The number of hydrogen-bond acceptors (Lipinski definition) is 3. The summed E-state index contributed by atoms with van der Waals surface area (Å²) in [4.78, 5) is 10.7. The Morgan fingerprint density at radius 2 is 1.44 bits per heavy atom. The van der Waals surface area contributed by atoms with Crippen molar-refractivity contribution in [3.8, 4) is 0 Å². The van der Waals surface area contributed by atoms with Gasteiger partial charge in [-0.15, -0.1) is 0 Å². The van der Waals surface area contributed by atoms with Crippen molar-refractivity contribution in [1.82, 2.24) is 13.3 Å². The Kier molecular flexibility index (Phi) is 4.07. The van der Waals surface area contributed by atoms with Gasteiger partial charge in [0.15, 0.2) is 0 Å². The second-order valence-electron chi connectivity index (χ2n) is 6.43. The molecule has 0 N–H and O–H groups in total. The molecule has 2 heterocycles. The average molecular weight is 370 g/mol. The van der Waals surface area contributed by atoms with E-state index in [4.69, 9.17) is 9.98 Å². The molecule has 0 spiro atoms. The lowest BCUT2D eigenvalue weighted by molar-refractivity contribution is 0.882. The van der Waals surface area contributed by atoms with Crippen LogP contribution in [0.3, 0.4) is 0 Å². The number of nitrogens with zero attached hydrogens (tertiary/aromatic N) is 4. The van der Waals surface area contributed by atoms with Crippen LogP contribution >= 0.6 is 11.5 Å². The molecule has 0 saturated heterocycles. The maximum absolute atomic E-state index is 4.91.